The summed E-state index contributed by atoms with van der Waals surface area (Å²) in [7, 11) is 0. The number of fused-ring (bicyclic) bond motifs is 1. The van der Waals surface area contributed by atoms with Crippen molar-refractivity contribution >= 4 is 51.5 Å². The third-order valence-corrected chi connectivity index (χ3v) is 6.77. The van der Waals surface area contributed by atoms with Crippen molar-refractivity contribution in [3.8, 4) is 0 Å². The minimum Gasteiger partial charge on any atom is -0.360 e. The lowest BCUT2D eigenvalue weighted by atomic mass is 10.1. The molecule has 0 radical (unpaired) electrons. The Morgan fingerprint density at radius 2 is 2.09 bits per heavy atom. The third-order valence-electron chi connectivity index (χ3n) is 3.32. The second-order valence-electron chi connectivity index (χ2n) is 5.05. The molecule has 2 heterocycles. The summed E-state index contributed by atoms with van der Waals surface area (Å²) in [6.45, 7) is 4.07. The van der Waals surface area contributed by atoms with Gasteiger partial charge in [0.2, 0.25) is 0 Å². The van der Waals surface area contributed by atoms with Crippen LogP contribution in [-0.2, 0) is 0 Å². The first kappa shape index (κ1) is 16.5. The summed E-state index contributed by atoms with van der Waals surface area (Å²) in [5.41, 5.74) is 1.73. The maximum atomic E-state index is 12.7. The van der Waals surface area contributed by atoms with Gasteiger partial charge >= 0.3 is 0 Å². The molecule has 4 nitrogen and oxygen atoms in total. The van der Waals surface area contributed by atoms with Crippen LogP contribution in [0.3, 0.4) is 0 Å². The van der Waals surface area contributed by atoms with Gasteiger partial charge in [-0.3, -0.25) is 4.79 Å². The highest BCUT2D eigenvalue weighted by Crippen LogP contribution is 2.33. The van der Waals surface area contributed by atoms with Crippen LogP contribution in [0.1, 0.15) is 30.6 Å². The number of carbonyl (C=O) groups excluding carboxylic acids is 1. The largest absolute Gasteiger partial charge is 0.360 e. The van der Waals surface area contributed by atoms with Gasteiger partial charge < -0.3 is 4.98 Å². The van der Waals surface area contributed by atoms with Crippen LogP contribution in [0.5, 0.6) is 0 Å². The van der Waals surface area contributed by atoms with Gasteiger partial charge in [0.15, 0.2) is 14.5 Å². The molecule has 0 saturated carbocycles. The number of carbonyl (C=O) groups is 1. The average molecular weight is 364 g/mol. The van der Waals surface area contributed by atoms with Gasteiger partial charge in [0.25, 0.3) is 0 Å². The van der Waals surface area contributed by atoms with E-state index in [1.165, 1.54) is 11.8 Å². The second-order valence-corrected chi connectivity index (χ2v) is 8.96. The molecule has 3 aromatic rings. The van der Waals surface area contributed by atoms with Crippen LogP contribution in [-0.4, -0.2) is 32.0 Å². The van der Waals surface area contributed by atoms with Crippen LogP contribution in [0.4, 0.5) is 0 Å². The normalized spacial score (nSPS) is 12.6. The molecule has 2 aromatic heterocycles. The Morgan fingerprint density at radius 3 is 2.91 bits per heavy atom. The highest BCUT2D eigenvalue weighted by molar-refractivity contribution is 8.03. The molecule has 1 aromatic carbocycles. The van der Waals surface area contributed by atoms with Gasteiger partial charge in [-0.2, -0.15) is 0 Å². The number of H-pyrrole nitrogens is 1. The molecule has 120 valence electrons. The molecule has 7 heteroatoms. The fourth-order valence-electron chi connectivity index (χ4n) is 2.19. The molecular formula is C16H17N3OS3. The Balaban J connectivity index is 1.71. The van der Waals surface area contributed by atoms with Gasteiger partial charge in [-0.25, -0.2) is 0 Å². The van der Waals surface area contributed by atoms with E-state index in [1.807, 2.05) is 31.2 Å². The summed E-state index contributed by atoms with van der Waals surface area (Å²) in [6.07, 6.45) is 2.91. The van der Waals surface area contributed by atoms with Gasteiger partial charge in [-0.05, 0) is 19.4 Å². The van der Waals surface area contributed by atoms with Gasteiger partial charge in [-0.15, -0.1) is 10.2 Å². The molecule has 0 bridgehead atoms. The van der Waals surface area contributed by atoms with Gasteiger partial charge in [-0.1, -0.05) is 60.0 Å². The molecule has 0 fully saturated rings. The van der Waals surface area contributed by atoms with Crippen molar-refractivity contribution in [1.29, 1.82) is 0 Å². The number of aromatic nitrogens is 3. The number of benzene rings is 1. The Kier molecular flexibility index (Phi) is 5.40. The van der Waals surface area contributed by atoms with Crippen molar-refractivity contribution in [3.63, 3.8) is 0 Å². The van der Waals surface area contributed by atoms with E-state index in [4.69, 9.17) is 0 Å². The first-order valence-corrected chi connectivity index (χ1v) is 10.1. The number of thioether (sulfide) groups is 2. The minimum absolute atomic E-state index is 0.116. The minimum atomic E-state index is -0.189. The average Bonchev–Trinajstić information content (AvgIpc) is 3.18. The number of nitrogens with one attached hydrogen (secondary N) is 1. The van der Waals surface area contributed by atoms with Gasteiger partial charge in [0.1, 0.15) is 0 Å². The molecule has 23 heavy (non-hydrogen) atoms. The third kappa shape index (κ3) is 3.79. The lowest BCUT2D eigenvalue weighted by molar-refractivity contribution is 0.0995. The van der Waals surface area contributed by atoms with Crippen molar-refractivity contribution in [2.75, 3.05) is 5.75 Å². The fraction of sp³-hybridized carbons (Fsp3) is 0.312. The number of ketones is 1. The summed E-state index contributed by atoms with van der Waals surface area (Å²) in [4.78, 5) is 15.9. The smallest absolute Gasteiger partial charge is 0.178 e. The zero-order valence-electron chi connectivity index (χ0n) is 12.9. The topological polar surface area (TPSA) is 58.6 Å². The Morgan fingerprint density at radius 1 is 1.30 bits per heavy atom. The Labute approximate surface area is 147 Å². The van der Waals surface area contributed by atoms with Crippen LogP contribution in [0.25, 0.3) is 10.9 Å². The van der Waals surface area contributed by atoms with E-state index >= 15 is 0 Å². The number of nitrogens with zero attached hydrogens (tertiary/aromatic N) is 2. The Hall–Kier alpha value is -1.31. The second kappa shape index (κ2) is 7.51. The van der Waals surface area contributed by atoms with Crippen molar-refractivity contribution in [3.05, 3.63) is 36.0 Å². The van der Waals surface area contributed by atoms with E-state index < -0.39 is 0 Å². The maximum absolute atomic E-state index is 12.7. The molecule has 0 aliphatic rings. The van der Waals surface area contributed by atoms with Gasteiger partial charge in [0.05, 0.1) is 5.25 Å². The first-order chi connectivity index (χ1) is 11.2. The number of rotatable bonds is 7. The quantitative estimate of drug-likeness (QED) is 0.479. The van der Waals surface area contributed by atoms with E-state index in [9.17, 15) is 4.79 Å². The zero-order valence-corrected chi connectivity index (χ0v) is 15.4. The van der Waals surface area contributed by atoms with Crippen LogP contribution in [0, 0.1) is 0 Å². The van der Waals surface area contributed by atoms with E-state index in [0.29, 0.717) is 0 Å². The summed E-state index contributed by atoms with van der Waals surface area (Å²) >= 11 is 4.76. The van der Waals surface area contributed by atoms with Crippen molar-refractivity contribution in [2.24, 2.45) is 0 Å². The van der Waals surface area contributed by atoms with Crippen LogP contribution in [0.2, 0.25) is 0 Å². The SMILES string of the molecule is CCCSc1nnc(S[C@H](C)C(=O)c2c[nH]c3ccccc23)s1. The molecule has 0 saturated heterocycles. The monoisotopic (exact) mass is 363 g/mol. The number of hydrogen-bond donors (Lipinski definition) is 1. The highest BCUT2D eigenvalue weighted by atomic mass is 32.2. The molecule has 0 aliphatic carbocycles. The standard InChI is InChI=1S/C16H17N3OS3/c1-3-8-21-15-18-19-16(23-15)22-10(2)14(20)12-9-17-13-7-5-4-6-11(12)13/h4-7,9-10,17H,3,8H2,1-2H3/t10-/m1/s1. The van der Waals surface area contributed by atoms with E-state index in [2.05, 4.69) is 22.1 Å². The molecule has 0 spiro atoms. The van der Waals surface area contributed by atoms with Crippen molar-refractivity contribution < 1.29 is 4.79 Å². The predicted octanol–water partition coefficient (Wildman–Crippen LogP) is 4.89. The molecular weight excluding hydrogens is 346 g/mol. The number of Topliss-reactive ketones (excluding diaryl/α,β-unsaturated/α-hetero) is 1. The highest BCUT2D eigenvalue weighted by Gasteiger charge is 2.21. The summed E-state index contributed by atoms with van der Waals surface area (Å²) in [5.74, 6) is 1.16. The molecule has 3 rings (SSSR count). The summed E-state index contributed by atoms with van der Waals surface area (Å²) in [5, 5.41) is 9.14. The lowest BCUT2D eigenvalue weighted by Gasteiger charge is -2.06. The first-order valence-electron chi connectivity index (χ1n) is 7.42. The van der Waals surface area contributed by atoms with Crippen molar-refractivity contribution in [1.82, 2.24) is 15.2 Å². The van der Waals surface area contributed by atoms with E-state index in [1.54, 1.807) is 29.3 Å². The zero-order chi connectivity index (χ0) is 16.2. The summed E-state index contributed by atoms with van der Waals surface area (Å²) < 4.78 is 1.82. The molecule has 0 amide bonds. The lowest BCUT2D eigenvalue weighted by Crippen LogP contribution is -2.12. The van der Waals surface area contributed by atoms with Crippen molar-refractivity contribution in [2.45, 2.75) is 34.2 Å². The van der Waals surface area contributed by atoms with E-state index in [0.717, 1.165) is 37.3 Å². The molecule has 1 N–H and O–H groups in total. The van der Waals surface area contributed by atoms with Crippen LogP contribution >= 0.6 is 34.9 Å². The maximum Gasteiger partial charge on any atom is 0.178 e. The molecule has 1 atom stereocenters. The fourth-order valence-corrected chi connectivity index (χ4v) is 5.35. The predicted molar refractivity (Wildman–Crippen MR) is 98.9 cm³/mol. The van der Waals surface area contributed by atoms with Crippen LogP contribution < -0.4 is 0 Å². The molecule has 0 unspecified atom stereocenters. The number of para-hydroxylation sites is 1. The number of hydrogen-bond acceptors (Lipinski definition) is 6. The molecule has 0 aliphatic heterocycles. The summed E-state index contributed by atoms with van der Waals surface area (Å²) in [6, 6.07) is 7.86. The van der Waals surface area contributed by atoms with Crippen LogP contribution in [0.15, 0.2) is 39.1 Å². The Bertz CT molecular complexity index is 812. The van der Waals surface area contributed by atoms with Gasteiger partial charge in [0, 0.05) is 28.4 Å². The number of aromatic amines is 1. The van der Waals surface area contributed by atoms with E-state index in [-0.39, 0.29) is 11.0 Å².